The maximum absolute atomic E-state index is 10.5. The van der Waals surface area contributed by atoms with Crippen molar-refractivity contribution in [1.82, 2.24) is 6.15 Å². The minimum Gasteiger partial charge on any atom is -0.466 e. The van der Waals surface area contributed by atoms with Gasteiger partial charge in [-0.15, -0.1) is 0 Å². The summed E-state index contributed by atoms with van der Waals surface area (Å²) in [6.45, 7) is 5.92. The number of rotatable bonds is 2. The van der Waals surface area contributed by atoms with Gasteiger partial charge in [0.2, 0.25) is 0 Å². The Kier molecular flexibility index (Phi) is 6.96. The summed E-state index contributed by atoms with van der Waals surface area (Å²) in [6.07, 6.45) is 0. The number of esters is 1. The molecule has 3 nitrogen and oxygen atoms in total. The predicted octanol–water partition coefficient (Wildman–Crippen LogP) is 1.37. The summed E-state index contributed by atoms with van der Waals surface area (Å²) in [6, 6.07) is 0. The van der Waals surface area contributed by atoms with Gasteiger partial charge in [0, 0.05) is 0 Å². The smallest absolute Gasteiger partial charge is 0.308 e. The Morgan fingerprint density at radius 3 is 2.11 bits per heavy atom. The van der Waals surface area contributed by atoms with Gasteiger partial charge in [-0.2, -0.15) is 0 Å². The average molecular weight is 133 g/mol. The highest BCUT2D eigenvalue weighted by Crippen LogP contribution is 1.93. The average Bonchev–Trinajstić information content (AvgIpc) is 1.67. The second-order valence-electron chi connectivity index (χ2n) is 1.91. The number of hydrogen-bond acceptors (Lipinski definition) is 3. The summed E-state index contributed by atoms with van der Waals surface area (Å²) in [5.74, 6) is -0.109. The van der Waals surface area contributed by atoms with Gasteiger partial charge in [-0.25, -0.2) is 0 Å². The van der Waals surface area contributed by atoms with Crippen LogP contribution >= 0.6 is 0 Å². The lowest BCUT2D eigenvalue weighted by atomic mass is 10.2. The van der Waals surface area contributed by atoms with E-state index in [1.807, 2.05) is 13.8 Å². The molecule has 9 heavy (non-hydrogen) atoms. The van der Waals surface area contributed by atoms with E-state index in [-0.39, 0.29) is 18.0 Å². The fraction of sp³-hybridized carbons (Fsp3) is 0.833. The van der Waals surface area contributed by atoms with Gasteiger partial charge in [-0.1, -0.05) is 13.8 Å². The van der Waals surface area contributed by atoms with Crippen LogP contribution in [0.5, 0.6) is 0 Å². The minimum atomic E-state index is -0.118. The van der Waals surface area contributed by atoms with Crippen LogP contribution in [-0.4, -0.2) is 12.6 Å². The SMILES string of the molecule is CCOC(=O)C(C)C.N. The summed E-state index contributed by atoms with van der Waals surface area (Å²) in [5, 5.41) is 0. The molecule has 0 radical (unpaired) electrons. The van der Waals surface area contributed by atoms with E-state index in [0.29, 0.717) is 6.61 Å². The molecule has 3 N–H and O–H groups in total. The van der Waals surface area contributed by atoms with E-state index in [2.05, 4.69) is 4.74 Å². The molecule has 0 saturated heterocycles. The molecule has 0 heterocycles. The van der Waals surface area contributed by atoms with Crippen molar-refractivity contribution in [3.05, 3.63) is 0 Å². The van der Waals surface area contributed by atoms with E-state index in [1.54, 1.807) is 6.92 Å². The molecule has 0 atom stereocenters. The van der Waals surface area contributed by atoms with E-state index in [9.17, 15) is 4.79 Å². The van der Waals surface area contributed by atoms with Crippen LogP contribution in [0.4, 0.5) is 0 Å². The minimum absolute atomic E-state index is 0. The van der Waals surface area contributed by atoms with Crippen LogP contribution in [0.3, 0.4) is 0 Å². The van der Waals surface area contributed by atoms with Crippen molar-refractivity contribution < 1.29 is 9.53 Å². The molecule has 0 amide bonds. The third-order valence-corrected chi connectivity index (χ3v) is 0.758. The van der Waals surface area contributed by atoms with Gasteiger partial charge in [0.15, 0.2) is 0 Å². The van der Waals surface area contributed by atoms with Gasteiger partial charge in [0.25, 0.3) is 0 Å². The van der Waals surface area contributed by atoms with Crippen LogP contribution < -0.4 is 6.15 Å². The predicted molar refractivity (Wildman–Crippen MR) is 36.5 cm³/mol. The molecule has 0 fully saturated rings. The zero-order valence-corrected chi connectivity index (χ0v) is 6.31. The van der Waals surface area contributed by atoms with E-state index in [0.717, 1.165) is 0 Å². The lowest BCUT2D eigenvalue weighted by Crippen LogP contribution is -2.10. The van der Waals surface area contributed by atoms with Crippen LogP contribution in [-0.2, 0) is 9.53 Å². The Morgan fingerprint density at radius 2 is 2.00 bits per heavy atom. The highest BCUT2D eigenvalue weighted by Gasteiger charge is 2.04. The molecule has 0 aromatic carbocycles. The number of ether oxygens (including phenoxy) is 1. The first-order chi connectivity index (χ1) is 3.68. The van der Waals surface area contributed by atoms with Crippen LogP contribution in [0, 0.1) is 5.92 Å². The highest BCUT2D eigenvalue weighted by molar-refractivity contribution is 5.71. The summed E-state index contributed by atoms with van der Waals surface area (Å²) >= 11 is 0. The second-order valence-corrected chi connectivity index (χ2v) is 1.91. The zero-order valence-electron chi connectivity index (χ0n) is 6.31. The van der Waals surface area contributed by atoms with Crippen molar-refractivity contribution in [2.75, 3.05) is 6.61 Å². The Labute approximate surface area is 56.0 Å². The molecule has 0 aliphatic rings. The van der Waals surface area contributed by atoms with Crippen molar-refractivity contribution >= 4 is 5.97 Å². The van der Waals surface area contributed by atoms with E-state index in [4.69, 9.17) is 0 Å². The summed E-state index contributed by atoms with van der Waals surface area (Å²) in [5.41, 5.74) is 0. The van der Waals surface area contributed by atoms with Crippen LogP contribution in [0.25, 0.3) is 0 Å². The second kappa shape index (κ2) is 5.56. The molecule has 0 saturated carbocycles. The van der Waals surface area contributed by atoms with Gasteiger partial charge in [-0.3, -0.25) is 4.79 Å². The molecular formula is C6H15NO2. The topological polar surface area (TPSA) is 61.3 Å². The van der Waals surface area contributed by atoms with Gasteiger partial charge in [0.05, 0.1) is 12.5 Å². The van der Waals surface area contributed by atoms with Crippen LogP contribution in [0.1, 0.15) is 20.8 Å². The fourth-order valence-corrected chi connectivity index (χ4v) is 0.309. The number of hydrogen-bond donors (Lipinski definition) is 1. The molecule has 0 aliphatic carbocycles. The quantitative estimate of drug-likeness (QED) is 0.578. The molecular weight excluding hydrogens is 118 g/mol. The third kappa shape index (κ3) is 5.30. The highest BCUT2D eigenvalue weighted by atomic mass is 16.5. The molecule has 0 spiro atoms. The van der Waals surface area contributed by atoms with Gasteiger partial charge >= 0.3 is 5.97 Å². The lowest BCUT2D eigenvalue weighted by Gasteiger charge is -2.01. The van der Waals surface area contributed by atoms with Gasteiger partial charge < -0.3 is 10.9 Å². The number of carbonyl (C=O) groups excluding carboxylic acids is 1. The van der Waals surface area contributed by atoms with Crippen LogP contribution in [0.15, 0.2) is 0 Å². The zero-order chi connectivity index (χ0) is 6.57. The first-order valence-corrected chi connectivity index (χ1v) is 2.85. The Hall–Kier alpha value is -0.570. The van der Waals surface area contributed by atoms with Crippen molar-refractivity contribution in [1.29, 1.82) is 0 Å². The lowest BCUT2D eigenvalue weighted by molar-refractivity contribution is -0.146. The monoisotopic (exact) mass is 133 g/mol. The van der Waals surface area contributed by atoms with Crippen molar-refractivity contribution in [3.63, 3.8) is 0 Å². The molecule has 0 aromatic heterocycles. The Bertz CT molecular complexity index is 81.1. The van der Waals surface area contributed by atoms with Crippen molar-refractivity contribution in [2.24, 2.45) is 5.92 Å². The summed E-state index contributed by atoms with van der Waals surface area (Å²) in [7, 11) is 0. The maximum Gasteiger partial charge on any atom is 0.308 e. The van der Waals surface area contributed by atoms with Gasteiger partial charge in [0.1, 0.15) is 0 Å². The molecule has 0 bridgehead atoms. The molecule has 0 rings (SSSR count). The van der Waals surface area contributed by atoms with Crippen LogP contribution in [0.2, 0.25) is 0 Å². The first kappa shape index (κ1) is 11.3. The van der Waals surface area contributed by atoms with Gasteiger partial charge in [-0.05, 0) is 6.92 Å². The summed E-state index contributed by atoms with van der Waals surface area (Å²) in [4.78, 5) is 10.5. The maximum atomic E-state index is 10.5. The largest absolute Gasteiger partial charge is 0.466 e. The molecule has 56 valence electrons. The summed E-state index contributed by atoms with van der Waals surface area (Å²) < 4.78 is 4.66. The fourth-order valence-electron chi connectivity index (χ4n) is 0.309. The van der Waals surface area contributed by atoms with E-state index >= 15 is 0 Å². The van der Waals surface area contributed by atoms with Crippen molar-refractivity contribution in [3.8, 4) is 0 Å². The molecule has 3 heteroatoms. The van der Waals surface area contributed by atoms with E-state index in [1.165, 1.54) is 0 Å². The normalized spacial score (nSPS) is 8.44. The Morgan fingerprint density at radius 1 is 1.56 bits per heavy atom. The molecule has 0 aliphatic heterocycles. The molecule has 0 unspecified atom stereocenters. The standard InChI is InChI=1S/C6H12O2.H3N/c1-4-8-6(7)5(2)3;/h5H,4H2,1-3H3;1H3. The number of carbonyl (C=O) groups is 1. The van der Waals surface area contributed by atoms with E-state index < -0.39 is 0 Å². The Balaban J connectivity index is 0. The van der Waals surface area contributed by atoms with Crippen molar-refractivity contribution in [2.45, 2.75) is 20.8 Å². The first-order valence-electron chi connectivity index (χ1n) is 2.85. The molecule has 0 aromatic rings. The third-order valence-electron chi connectivity index (χ3n) is 0.758.